The van der Waals surface area contributed by atoms with Crippen molar-refractivity contribution in [3.8, 4) is 5.75 Å². The predicted molar refractivity (Wildman–Crippen MR) is 65.3 cm³/mol. The van der Waals surface area contributed by atoms with Crippen LogP contribution in [-0.2, 0) is 16.6 Å². The Morgan fingerprint density at radius 3 is 2.71 bits per heavy atom. The molecule has 96 valence electrons. The number of benzene rings is 1. The van der Waals surface area contributed by atoms with Crippen molar-refractivity contribution in [1.82, 2.24) is 4.72 Å². The molecular formula is C11H17NO4S. The largest absolute Gasteiger partial charge is 0.496 e. The van der Waals surface area contributed by atoms with E-state index in [9.17, 15) is 8.42 Å². The fraction of sp³-hybridized carbons (Fsp3) is 0.455. The van der Waals surface area contributed by atoms with Gasteiger partial charge in [-0.15, -0.1) is 0 Å². The SMILES string of the molecule is COc1ccccc1CNS(=O)(=O)CCCO. The van der Waals surface area contributed by atoms with Crippen LogP contribution in [0.15, 0.2) is 24.3 Å². The maximum absolute atomic E-state index is 11.5. The smallest absolute Gasteiger partial charge is 0.211 e. The van der Waals surface area contributed by atoms with Crippen LogP contribution >= 0.6 is 0 Å². The molecule has 1 rings (SSSR count). The average molecular weight is 259 g/mol. The Kier molecular flexibility index (Phi) is 5.40. The molecule has 0 aromatic heterocycles. The van der Waals surface area contributed by atoms with E-state index >= 15 is 0 Å². The Labute approximate surface area is 101 Å². The van der Waals surface area contributed by atoms with Gasteiger partial charge in [0.05, 0.1) is 12.9 Å². The predicted octanol–water partition coefficient (Wildman–Crippen LogP) is 0.497. The zero-order chi connectivity index (χ0) is 12.7. The van der Waals surface area contributed by atoms with Gasteiger partial charge in [0, 0.05) is 18.7 Å². The normalized spacial score (nSPS) is 11.4. The number of aliphatic hydroxyl groups excluding tert-OH is 1. The van der Waals surface area contributed by atoms with Gasteiger partial charge in [0.2, 0.25) is 10.0 Å². The van der Waals surface area contributed by atoms with Gasteiger partial charge >= 0.3 is 0 Å². The molecule has 0 saturated carbocycles. The molecule has 0 aliphatic carbocycles. The summed E-state index contributed by atoms with van der Waals surface area (Å²) in [4.78, 5) is 0. The van der Waals surface area contributed by atoms with Crippen LogP contribution in [0.25, 0.3) is 0 Å². The molecule has 0 heterocycles. The molecule has 1 aromatic carbocycles. The second-order valence-corrected chi connectivity index (χ2v) is 5.46. The summed E-state index contributed by atoms with van der Waals surface area (Å²) in [7, 11) is -1.79. The van der Waals surface area contributed by atoms with Crippen LogP contribution < -0.4 is 9.46 Å². The van der Waals surface area contributed by atoms with Crippen LogP contribution in [0.1, 0.15) is 12.0 Å². The van der Waals surface area contributed by atoms with Gasteiger partial charge in [-0.1, -0.05) is 18.2 Å². The number of hydrogen-bond donors (Lipinski definition) is 2. The standard InChI is InChI=1S/C11H17NO4S/c1-16-11-6-3-2-5-10(11)9-12-17(14,15)8-4-7-13/h2-3,5-6,12-13H,4,7-9H2,1H3. The summed E-state index contributed by atoms with van der Waals surface area (Å²) >= 11 is 0. The number of methoxy groups -OCH3 is 1. The fourth-order valence-electron chi connectivity index (χ4n) is 1.36. The van der Waals surface area contributed by atoms with Gasteiger partial charge in [-0.25, -0.2) is 13.1 Å². The summed E-state index contributed by atoms with van der Waals surface area (Å²) in [5.41, 5.74) is 0.780. The Balaban J connectivity index is 2.61. The molecule has 0 spiro atoms. The Morgan fingerprint density at radius 2 is 2.06 bits per heavy atom. The van der Waals surface area contributed by atoms with Crippen LogP contribution in [0.4, 0.5) is 0 Å². The number of aliphatic hydroxyl groups is 1. The zero-order valence-electron chi connectivity index (χ0n) is 9.72. The quantitative estimate of drug-likeness (QED) is 0.747. The van der Waals surface area contributed by atoms with Gasteiger partial charge < -0.3 is 9.84 Å². The summed E-state index contributed by atoms with van der Waals surface area (Å²) in [6.45, 7) is 0.0628. The number of nitrogens with one attached hydrogen (secondary N) is 1. The molecule has 1 aromatic rings. The first-order valence-corrected chi connectivity index (χ1v) is 6.94. The second kappa shape index (κ2) is 6.58. The highest BCUT2D eigenvalue weighted by atomic mass is 32.2. The Morgan fingerprint density at radius 1 is 1.35 bits per heavy atom. The summed E-state index contributed by atoms with van der Waals surface area (Å²) in [6.07, 6.45) is 0.237. The van der Waals surface area contributed by atoms with Crippen molar-refractivity contribution in [2.45, 2.75) is 13.0 Å². The molecular weight excluding hydrogens is 242 g/mol. The second-order valence-electron chi connectivity index (χ2n) is 3.53. The first kappa shape index (κ1) is 14.0. The third-order valence-electron chi connectivity index (χ3n) is 2.25. The molecule has 0 aliphatic rings. The lowest BCUT2D eigenvalue weighted by atomic mass is 10.2. The minimum atomic E-state index is -3.33. The van der Waals surface area contributed by atoms with Crippen LogP contribution in [0, 0.1) is 0 Å². The van der Waals surface area contributed by atoms with E-state index in [2.05, 4.69) is 4.72 Å². The summed E-state index contributed by atoms with van der Waals surface area (Å²) in [6, 6.07) is 7.22. The van der Waals surface area contributed by atoms with Crippen molar-refractivity contribution in [2.24, 2.45) is 0 Å². The maximum atomic E-state index is 11.5. The first-order chi connectivity index (χ1) is 8.09. The van der Waals surface area contributed by atoms with Gasteiger partial charge in [-0.05, 0) is 12.5 Å². The molecule has 0 radical (unpaired) electrons. The Bertz CT molecular complexity index is 445. The van der Waals surface area contributed by atoms with E-state index in [1.54, 1.807) is 19.2 Å². The first-order valence-electron chi connectivity index (χ1n) is 5.29. The van der Waals surface area contributed by atoms with Crippen LogP contribution in [-0.4, -0.2) is 33.0 Å². The third kappa shape index (κ3) is 4.72. The van der Waals surface area contributed by atoms with E-state index in [1.807, 2.05) is 12.1 Å². The zero-order valence-corrected chi connectivity index (χ0v) is 10.5. The van der Waals surface area contributed by atoms with Crippen molar-refractivity contribution in [3.05, 3.63) is 29.8 Å². The van der Waals surface area contributed by atoms with Gasteiger partial charge in [0.15, 0.2) is 0 Å². The van der Waals surface area contributed by atoms with E-state index in [0.717, 1.165) is 5.56 Å². The van der Waals surface area contributed by atoms with Crippen molar-refractivity contribution in [3.63, 3.8) is 0 Å². The Hall–Kier alpha value is -1.11. The van der Waals surface area contributed by atoms with Crippen LogP contribution in [0.5, 0.6) is 5.75 Å². The number of sulfonamides is 1. The molecule has 0 atom stereocenters. The van der Waals surface area contributed by atoms with Crippen molar-refractivity contribution >= 4 is 10.0 Å². The van der Waals surface area contributed by atoms with Gasteiger partial charge in [0.25, 0.3) is 0 Å². The van der Waals surface area contributed by atoms with E-state index in [0.29, 0.717) is 5.75 Å². The summed E-state index contributed by atoms with van der Waals surface area (Å²) < 4.78 is 30.6. The van der Waals surface area contributed by atoms with Gasteiger partial charge in [-0.2, -0.15) is 0 Å². The number of para-hydroxylation sites is 1. The highest BCUT2D eigenvalue weighted by molar-refractivity contribution is 7.89. The maximum Gasteiger partial charge on any atom is 0.211 e. The monoisotopic (exact) mass is 259 g/mol. The minimum Gasteiger partial charge on any atom is -0.496 e. The van der Waals surface area contributed by atoms with E-state index < -0.39 is 10.0 Å². The van der Waals surface area contributed by atoms with Gasteiger partial charge in [0.1, 0.15) is 5.75 Å². The third-order valence-corrected chi connectivity index (χ3v) is 3.66. The molecule has 0 unspecified atom stereocenters. The number of rotatable bonds is 7. The van der Waals surface area contributed by atoms with E-state index in [-0.39, 0.29) is 25.3 Å². The highest BCUT2D eigenvalue weighted by Crippen LogP contribution is 2.16. The lowest BCUT2D eigenvalue weighted by molar-refractivity contribution is 0.295. The topological polar surface area (TPSA) is 75.6 Å². The van der Waals surface area contributed by atoms with Crippen LogP contribution in [0.3, 0.4) is 0 Å². The summed E-state index contributed by atoms with van der Waals surface area (Å²) in [5.74, 6) is 0.580. The van der Waals surface area contributed by atoms with Crippen molar-refractivity contribution in [1.29, 1.82) is 0 Å². The van der Waals surface area contributed by atoms with Crippen molar-refractivity contribution in [2.75, 3.05) is 19.5 Å². The lowest BCUT2D eigenvalue weighted by Gasteiger charge is -2.09. The molecule has 0 aliphatic heterocycles. The summed E-state index contributed by atoms with van der Waals surface area (Å²) in [5, 5.41) is 8.58. The average Bonchev–Trinajstić information content (AvgIpc) is 2.34. The van der Waals surface area contributed by atoms with Gasteiger partial charge in [-0.3, -0.25) is 0 Å². The molecule has 0 saturated heterocycles. The minimum absolute atomic E-state index is 0.0708. The van der Waals surface area contributed by atoms with Crippen molar-refractivity contribution < 1.29 is 18.3 Å². The molecule has 6 heteroatoms. The molecule has 5 nitrogen and oxygen atoms in total. The lowest BCUT2D eigenvalue weighted by Crippen LogP contribution is -2.26. The molecule has 2 N–H and O–H groups in total. The molecule has 0 bridgehead atoms. The number of ether oxygens (including phenoxy) is 1. The van der Waals surface area contributed by atoms with Crippen LogP contribution in [0.2, 0.25) is 0 Å². The number of hydrogen-bond acceptors (Lipinski definition) is 4. The highest BCUT2D eigenvalue weighted by Gasteiger charge is 2.10. The fourth-order valence-corrected chi connectivity index (χ4v) is 2.39. The van der Waals surface area contributed by atoms with E-state index in [1.165, 1.54) is 0 Å². The van der Waals surface area contributed by atoms with E-state index in [4.69, 9.17) is 9.84 Å². The molecule has 0 amide bonds. The molecule has 17 heavy (non-hydrogen) atoms. The molecule has 0 fully saturated rings.